The molecule has 0 radical (unpaired) electrons. The molecule has 1 saturated heterocycles. The molecule has 0 unspecified atom stereocenters. The van der Waals surface area contributed by atoms with E-state index in [2.05, 4.69) is 45.2 Å². The van der Waals surface area contributed by atoms with Gasteiger partial charge in [-0.1, -0.05) is 24.3 Å². The summed E-state index contributed by atoms with van der Waals surface area (Å²) in [5, 5.41) is 16.8. The average Bonchev–Trinajstić information content (AvgIpc) is 2.99. The summed E-state index contributed by atoms with van der Waals surface area (Å²) in [5.74, 6) is 0.763. The van der Waals surface area contributed by atoms with Gasteiger partial charge in [0.1, 0.15) is 5.82 Å². The van der Waals surface area contributed by atoms with Crippen molar-refractivity contribution in [1.82, 2.24) is 15.2 Å². The van der Waals surface area contributed by atoms with E-state index >= 15 is 0 Å². The Morgan fingerprint density at radius 1 is 1.00 bits per heavy atom. The van der Waals surface area contributed by atoms with Crippen molar-refractivity contribution in [3.63, 3.8) is 0 Å². The molecule has 4 rings (SSSR count). The van der Waals surface area contributed by atoms with Gasteiger partial charge in [-0.05, 0) is 74.1 Å². The second kappa shape index (κ2) is 13.8. The lowest BCUT2D eigenvalue weighted by Gasteiger charge is -2.32. The lowest BCUT2D eigenvalue weighted by Crippen LogP contribution is -2.38. The number of likely N-dealkylation sites (tertiary alicyclic amines) is 1. The van der Waals surface area contributed by atoms with Crippen LogP contribution in [0.5, 0.6) is 0 Å². The summed E-state index contributed by atoms with van der Waals surface area (Å²) in [6, 6.07) is 17.6. The number of aromatic nitrogens is 1. The minimum atomic E-state index is -0.285. The van der Waals surface area contributed by atoms with Gasteiger partial charge in [0.2, 0.25) is 0 Å². The van der Waals surface area contributed by atoms with Crippen molar-refractivity contribution in [2.45, 2.75) is 38.6 Å². The molecule has 0 saturated carbocycles. The topological polar surface area (TPSA) is 113 Å². The number of hydrogen-bond donors (Lipinski definition) is 4. The number of nitrogens with zero attached hydrogens (tertiary/aromatic N) is 3. The molecule has 1 fully saturated rings. The number of benzene rings is 2. The summed E-state index contributed by atoms with van der Waals surface area (Å²) in [6.07, 6.45) is 6.46. The van der Waals surface area contributed by atoms with Gasteiger partial charge in [-0.2, -0.15) is 0 Å². The number of hydrogen-bond acceptors (Lipinski definition) is 7. The van der Waals surface area contributed by atoms with Crippen molar-refractivity contribution in [3.8, 4) is 0 Å². The fourth-order valence-electron chi connectivity index (χ4n) is 5.17. The molecule has 2 heterocycles. The highest BCUT2D eigenvalue weighted by molar-refractivity contribution is 6.08. The van der Waals surface area contributed by atoms with E-state index in [1.165, 1.54) is 11.8 Å². The van der Waals surface area contributed by atoms with Crippen LogP contribution < -0.4 is 20.9 Å². The van der Waals surface area contributed by atoms with Crippen LogP contribution in [0, 0.1) is 5.41 Å². The van der Waals surface area contributed by atoms with Gasteiger partial charge in [0.15, 0.2) is 0 Å². The Hall–Kier alpha value is -4.66. The summed E-state index contributed by atoms with van der Waals surface area (Å²) in [5.41, 5.74) is 5.44. The predicted octanol–water partition coefficient (Wildman–Crippen LogP) is 5.45. The molecule has 4 N–H and O–H groups in total. The highest BCUT2D eigenvalue weighted by Crippen LogP contribution is 2.31. The zero-order valence-electron chi connectivity index (χ0n) is 25.1. The maximum absolute atomic E-state index is 13.5. The smallest absolute Gasteiger partial charge is 0.257 e. The molecule has 9 heteroatoms. The number of carbonyl (C=O) groups excluding carboxylic acids is 2. The van der Waals surface area contributed by atoms with Crippen LogP contribution in [0.3, 0.4) is 0 Å². The van der Waals surface area contributed by atoms with E-state index in [9.17, 15) is 9.59 Å². The number of piperidine rings is 1. The molecule has 1 aliphatic rings. The summed E-state index contributed by atoms with van der Waals surface area (Å²) < 4.78 is 0. The van der Waals surface area contributed by atoms with Crippen LogP contribution in [0.4, 0.5) is 17.2 Å². The molecular formula is C33H41N7O2. The zero-order valence-corrected chi connectivity index (χ0v) is 25.1. The van der Waals surface area contributed by atoms with Gasteiger partial charge < -0.3 is 31.2 Å². The maximum Gasteiger partial charge on any atom is 0.257 e. The molecular weight excluding hydrogens is 526 g/mol. The quantitative estimate of drug-likeness (QED) is 0.242. The lowest BCUT2D eigenvalue weighted by atomic mass is 9.88. The summed E-state index contributed by atoms with van der Waals surface area (Å²) >= 11 is 0. The molecule has 42 heavy (non-hydrogen) atoms. The van der Waals surface area contributed by atoms with E-state index in [-0.39, 0.29) is 17.9 Å². The van der Waals surface area contributed by atoms with Gasteiger partial charge >= 0.3 is 0 Å². The van der Waals surface area contributed by atoms with E-state index in [0.717, 1.165) is 29.7 Å². The molecule has 1 aromatic heterocycles. The molecule has 220 valence electrons. The van der Waals surface area contributed by atoms with Crippen LogP contribution in [0.1, 0.15) is 64.4 Å². The van der Waals surface area contributed by atoms with Gasteiger partial charge in [0.05, 0.1) is 16.9 Å². The van der Waals surface area contributed by atoms with E-state index in [0.29, 0.717) is 41.6 Å². The standard InChI is InChI=1S/C33H41N7O2/c1-22(2)37-31-13-11-27(21-36-31)32(41)38-29-18-26(10-12-30(29)39(4)5)33(42)40-16-14-25(15-17-40)23-6-8-24(9-7-23)28(19-34)20-35-3/h6-13,18-22,25,34-35H,14-17H2,1-5H3,(H,36,37)(H,38,41)/b28-20+,34-19?. The minimum Gasteiger partial charge on any atom is -0.393 e. The molecule has 0 spiro atoms. The fourth-order valence-corrected chi connectivity index (χ4v) is 5.17. The van der Waals surface area contributed by atoms with E-state index in [1.54, 1.807) is 24.4 Å². The molecule has 2 amide bonds. The number of anilines is 3. The maximum atomic E-state index is 13.5. The van der Waals surface area contributed by atoms with Gasteiger partial charge in [0.25, 0.3) is 11.8 Å². The second-order valence-electron chi connectivity index (χ2n) is 11.0. The van der Waals surface area contributed by atoms with Crippen molar-refractivity contribution in [2.75, 3.05) is 49.8 Å². The Kier molecular flexibility index (Phi) is 9.96. The van der Waals surface area contributed by atoms with E-state index in [1.807, 2.05) is 63.1 Å². The monoisotopic (exact) mass is 567 g/mol. The average molecular weight is 568 g/mol. The first-order valence-corrected chi connectivity index (χ1v) is 14.3. The molecule has 0 aliphatic carbocycles. The number of amides is 2. The molecule has 0 bridgehead atoms. The first-order chi connectivity index (χ1) is 20.2. The lowest BCUT2D eigenvalue weighted by molar-refractivity contribution is 0.0712. The Bertz CT molecular complexity index is 1420. The first kappa shape index (κ1) is 30.3. The van der Waals surface area contributed by atoms with Crippen LogP contribution in [-0.4, -0.2) is 68.2 Å². The predicted molar refractivity (Wildman–Crippen MR) is 172 cm³/mol. The summed E-state index contributed by atoms with van der Waals surface area (Å²) in [7, 11) is 5.63. The summed E-state index contributed by atoms with van der Waals surface area (Å²) in [4.78, 5) is 34.8. The number of carbonyl (C=O) groups is 2. The van der Waals surface area contributed by atoms with Crippen LogP contribution in [0.2, 0.25) is 0 Å². The Morgan fingerprint density at radius 3 is 2.24 bits per heavy atom. The third kappa shape index (κ3) is 7.34. The first-order valence-electron chi connectivity index (χ1n) is 14.3. The molecule has 9 nitrogen and oxygen atoms in total. The zero-order chi connectivity index (χ0) is 30.2. The molecule has 1 aliphatic heterocycles. The van der Waals surface area contributed by atoms with E-state index < -0.39 is 0 Å². The normalized spacial score (nSPS) is 14.0. The molecule has 3 aromatic rings. The summed E-state index contributed by atoms with van der Waals surface area (Å²) in [6.45, 7) is 5.38. The van der Waals surface area contributed by atoms with Crippen LogP contribution >= 0.6 is 0 Å². The van der Waals surface area contributed by atoms with Gasteiger partial charge in [-0.3, -0.25) is 9.59 Å². The second-order valence-corrected chi connectivity index (χ2v) is 11.0. The molecule has 0 atom stereocenters. The highest BCUT2D eigenvalue weighted by Gasteiger charge is 2.25. The highest BCUT2D eigenvalue weighted by atomic mass is 16.2. The third-order valence-corrected chi connectivity index (χ3v) is 7.39. The van der Waals surface area contributed by atoms with Gasteiger partial charge in [-0.25, -0.2) is 4.98 Å². The Labute approximate surface area is 248 Å². The largest absolute Gasteiger partial charge is 0.393 e. The van der Waals surface area contributed by atoms with Crippen molar-refractivity contribution in [2.24, 2.45) is 0 Å². The number of pyridine rings is 1. The van der Waals surface area contributed by atoms with Crippen molar-refractivity contribution in [3.05, 3.63) is 89.2 Å². The van der Waals surface area contributed by atoms with Gasteiger partial charge in [0, 0.05) is 70.0 Å². The van der Waals surface area contributed by atoms with Gasteiger partial charge in [-0.15, -0.1) is 0 Å². The van der Waals surface area contributed by atoms with Crippen LogP contribution in [-0.2, 0) is 0 Å². The third-order valence-electron chi connectivity index (χ3n) is 7.39. The number of rotatable bonds is 10. The van der Waals surface area contributed by atoms with Crippen molar-refractivity contribution in [1.29, 1.82) is 5.41 Å². The van der Waals surface area contributed by atoms with Crippen molar-refractivity contribution < 1.29 is 9.59 Å². The van der Waals surface area contributed by atoms with Crippen LogP contribution in [0.15, 0.2) is 67.0 Å². The Morgan fingerprint density at radius 2 is 1.67 bits per heavy atom. The number of nitrogens with one attached hydrogen (secondary N) is 4. The van der Waals surface area contributed by atoms with Crippen LogP contribution in [0.25, 0.3) is 5.57 Å². The molecule has 2 aromatic carbocycles. The number of allylic oxidation sites excluding steroid dienone is 1. The SMILES string of the molecule is CN/C=C(\C=N)c1ccc(C2CCN(C(=O)c3ccc(N(C)C)c(NC(=O)c4ccc(NC(C)C)nc4)c3)CC2)cc1. The Balaban J connectivity index is 1.43. The fraction of sp³-hybridized carbons (Fsp3) is 0.333. The minimum absolute atomic E-state index is 0.0387. The van der Waals surface area contributed by atoms with E-state index in [4.69, 9.17) is 5.41 Å². The van der Waals surface area contributed by atoms with Crippen molar-refractivity contribution >= 4 is 40.8 Å².